The van der Waals surface area contributed by atoms with Gasteiger partial charge in [0.2, 0.25) is 5.91 Å². The summed E-state index contributed by atoms with van der Waals surface area (Å²) in [6.45, 7) is 2.51. The molecule has 0 unspecified atom stereocenters. The van der Waals surface area contributed by atoms with Crippen LogP contribution in [0.4, 0.5) is 5.69 Å². The van der Waals surface area contributed by atoms with E-state index >= 15 is 0 Å². The number of nitrogens with zero attached hydrogens (tertiary/aromatic N) is 1. The van der Waals surface area contributed by atoms with Gasteiger partial charge in [-0.15, -0.1) is 0 Å². The summed E-state index contributed by atoms with van der Waals surface area (Å²) in [7, 11) is 0. The monoisotopic (exact) mass is 272 g/mol. The lowest BCUT2D eigenvalue weighted by molar-refractivity contribution is -0.119. The SMILES string of the molecule is Cc1nc2ccc(NC(=O)CC3(CN)CCC3)cc2[nH]1. The van der Waals surface area contributed by atoms with E-state index in [0.717, 1.165) is 35.4 Å². The van der Waals surface area contributed by atoms with Gasteiger partial charge in [-0.3, -0.25) is 4.79 Å². The van der Waals surface area contributed by atoms with E-state index in [1.165, 1.54) is 6.42 Å². The van der Waals surface area contributed by atoms with Gasteiger partial charge in [-0.25, -0.2) is 4.98 Å². The molecule has 0 bridgehead atoms. The molecule has 1 aliphatic rings. The molecule has 20 heavy (non-hydrogen) atoms. The van der Waals surface area contributed by atoms with Gasteiger partial charge >= 0.3 is 0 Å². The molecule has 5 heteroatoms. The quantitative estimate of drug-likeness (QED) is 0.798. The molecule has 1 fully saturated rings. The van der Waals surface area contributed by atoms with E-state index < -0.39 is 0 Å². The molecule has 1 heterocycles. The van der Waals surface area contributed by atoms with Crippen molar-refractivity contribution in [2.24, 2.45) is 11.1 Å². The molecule has 1 aromatic carbocycles. The zero-order valence-electron chi connectivity index (χ0n) is 11.7. The third-order valence-electron chi connectivity index (χ3n) is 4.27. The first-order valence-electron chi connectivity index (χ1n) is 7.07. The Morgan fingerprint density at radius 2 is 2.30 bits per heavy atom. The van der Waals surface area contributed by atoms with Crippen LogP contribution in [0.5, 0.6) is 0 Å². The number of carbonyl (C=O) groups is 1. The van der Waals surface area contributed by atoms with Crippen LogP contribution in [0.1, 0.15) is 31.5 Å². The van der Waals surface area contributed by atoms with Crippen molar-refractivity contribution in [3.05, 3.63) is 24.0 Å². The number of nitrogens with one attached hydrogen (secondary N) is 2. The second-order valence-electron chi connectivity index (χ2n) is 5.84. The maximum absolute atomic E-state index is 12.1. The fourth-order valence-electron chi connectivity index (χ4n) is 2.89. The van der Waals surface area contributed by atoms with Gasteiger partial charge in [0.25, 0.3) is 0 Å². The van der Waals surface area contributed by atoms with E-state index in [9.17, 15) is 4.79 Å². The van der Waals surface area contributed by atoms with Gasteiger partial charge in [-0.2, -0.15) is 0 Å². The molecule has 0 atom stereocenters. The number of rotatable bonds is 4. The Kier molecular flexibility index (Phi) is 3.22. The van der Waals surface area contributed by atoms with Crippen molar-refractivity contribution >= 4 is 22.6 Å². The number of anilines is 1. The number of H-pyrrole nitrogens is 1. The highest BCUT2D eigenvalue weighted by atomic mass is 16.1. The minimum absolute atomic E-state index is 0.0404. The third-order valence-corrected chi connectivity index (χ3v) is 4.27. The number of nitrogens with two attached hydrogens (primary N) is 1. The van der Waals surface area contributed by atoms with Crippen LogP contribution in [0, 0.1) is 12.3 Å². The molecule has 3 rings (SSSR count). The molecule has 0 saturated heterocycles. The first-order chi connectivity index (χ1) is 9.60. The molecular weight excluding hydrogens is 252 g/mol. The van der Waals surface area contributed by atoms with E-state index in [2.05, 4.69) is 15.3 Å². The molecular formula is C15H20N4O. The van der Waals surface area contributed by atoms with Gasteiger partial charge in [0.1, 0.15) is 5.82 Å². The summed E-state index contributed by atoms with van der Waals surface area (Å²) in [4.78, 5) is 19.6. The molecule has 4 N–H and O–H groups in total. The van der Waals surface area contributed by atoms with Crippen LogP contribution in [0.2, 0.25) is 0 Å². The number of fused-ring (bicyclic) bond motifs is 1. The Morgan fingerprint density at radius 1 is 1.50 bits per heavy atom. The summed E-state index contributed by atoms with van der Waals surface area (Å²) in [5.74, 6) is 0.922. The van der Waals surface area contributed by atoms with Crippen molar-refractivity contribution in [2.75, 3.05) is 11.9 Å². The minimum atomic E-state index is 0.0404. The largest absolute Gasteiger partial charge is 0.342 e. The van der Waals surface area contributed by atoms with Gasteiger partial charge in [-0.1, -0.05) is 6.42 Å². The predicted octanol–water partition coefficient (Wildman–Crippen LogP) is 2.33. The molecule has 5 nitrogen and oxygen atoms in total. The van der Waals surface area contributed by atoms with Crippen molar-refractivity contribution in [1.29, 1.82) is 0 Å². The number of imidazole rings is 1. The van der Waals surface area contributed by atoms with Gasteiger partial charge in [0, 0.05) is 12.1 Å². The highest BCUT2D eigenvalue weighted by Gasteiger charge is 2.37. The van der Waals surface area contributed by atoms with Crippen LogP contribution in [-0.4, -0.2) is 22.4 Å². The molecule has 1 aliphatic carbocycles. The summed E-state index contributed by atoms with van der Waals surface area (Å²) in [6, 6.07) is 5.72. The zero-order valence-corrected chi connectivity index (χ0v) is 11.7. The Balaban J connectivity index is 1.70. The third kappa shape index (κ3) is 2.41. The Morgan fingerprint density at radius 3 is 2.95 bits per heavy atom. The standard InChI is InChI=1S/C15H20N4O/c1-10-17-12-4-3-11(7-13(12)18-10)19-14(20)8-15(9-16)5-2-6-15/h3-4,7H,2,5-6,8-9,16H2,1H3,(H,17,18)(H,19,20). The average Bonchev–Trinajstić information content (AvgIpc) is 2.73. The number of aryl methyl sites for hydroxylation is 1. The first kappa shape index (κ1) is 13.1. The molecule has 1 saturated carbocycles. The van der Waals surface area contributed by atoms with Gasteiger partial charge in [0.05, 0.1) is 11.0 Å². The molecule has 1 aromatic heterocycles. The second kappa shape index (κ2) is 4.90. The second-order valence-corrected chi connectivity index (χ2v) is 5.84. The van der Waals surface area contributed by atoms with Crippen molar-refractivity contribution in [3.8, 4) is 0 Å². The highest BCUT2D eigenvalue weighted by Crippen LogP contribution is 2.43. The number of carbonyl (C=O) groups excluding carboxylic acids is 1. The summed E-state index contributed by atoms with van der Waals surface area (Å²) in [6.07, 6.45) is 3.83. The number of hydrogen-bond donors (Lipinski definition) is 3. The lowest BCUT2D eigenvalue weighted by Gasteiger charge is -2.40. The van der Waals surface area contributed by atoms with Crippen molar-refractivity contribution in [1.82, 2.24) is 9.97 Å². The number of aromatic nitrogens is 2. The molecule has 1 amide bonds. The van der Waals surface area contributed by atoms with Gasteiger partial charge < -0.3 is 16.0 Å². The Labute approximate surface area is 118 Å². The van der Waals surface area contributed by atoms with Crippen LogP contribution in [-0.2, 0) is 4.79 Å². The number of aromatic amines is 1. The predicted molar refractivity (Wildman–Crippen MR) is 79.4 cm³/mol. The molecule has 2 aromatic rings. The van der Waals surface area contributed by atoms with Crippen LogP contribution < -0.4 is 11.1 Å². The highest BCUT2D eigenvalue weighted by molar-refractivity contribution is 5.93. The Hall–Kier alpha value is -1.88. The fraction of sp³-hybridized carbons (Fsp3) is 0.467. The van der Waals surface area contributed by atoms with Crippen molar-refractivity contribution in [2.45, 2.75) is 32.6 Å². The zero-order chi connectivity index (χ0) is 14.2. The Bertz CT molecular complexity index is 637. The summed E-state index contributed by atoms with van der Waals surface area (Å²) >= 11 is 0. The van der Waals surface area contributed by atoms with Gasteiger partial charge in [0.15, 0.2) is 0 Å². The molecule has 106 valence electrons. The van der Waals surface area contributed by atoms with Gasteiger partial charge in [-0.05, 0) is 49.9 Å². The maximum atomic E-state index is 12.1. The minimum Gasteiger partial charge on any atom is -0.342 e. The molecule has 0 aliphatic heterocycles. The van der Waals surface area contributed by atoms with E-state index in [4.69, 9.17) is 5.73 Å². The topological polar surface area (TPSA) is 83.8 Å². The number of hydrogen-bond acceptors (Lipinski definition) is 3. The molecule has 0 radical (unpaired) electrons. The van der Waals surface area contributed by atoms with Crippen LogP contribution in [0.15, 0.2) is 18.2 Å². The van der Waals surface area contributed by atoms with Crippen LogP contribution in [0.3, 0.4) is 0 Å². The fourth-order valence-corrected chi connectivity index (χ4v) is 2.89. The first-order valence-corrected chi connectivity index (χ1v) is 7.07. The maximum Gasteiger partial charge on any atom is 0.224 e. The summed E-state index contributed by atoms with van der Waals surface area (Å²) in [5, 5.41) is 2.96. The summed E-state index contributed by atoms with van der Waals surface area (Å²) < 4.78 is 0. The van der Waals surface area contributed by atoms with E-state index in [1.54, 1.807) is 0 Å². The normalized spacial score (nSPS) is 16.9. The lowest BCUT2D eigenvalue weighted by Crippen LogP contribution is -2.40. The van der Waals surface area contributed by atoms with Crippen molar-refractivity contribution in [3.63, 3.8) is 0 Å². The van der Waals surface area contributed by atoms with Crippen LogP contribution >= 0.6 is 0 Å². The van der Waals surface area contributed by atoms with E-state index in [-0.39, 0.29) is 11.3 Å². The average molecular weight is 272 g/mol. The number of benzene rings is 1. The van der Waals surface area contributed by atoms with E-state index in [0.29, 0.717) is 13.0 Å². The van der Waals surface area contributed by atoms with Crippen LogP contribution in [0.25, 0.3) is 11.0 Å². The lowest BCUT2D eigenvalue weighted by atomic mass is 9.66. The summed E-state index contributed by atoms with van der Waals surface area (Å²) in [5.41, 5.74) is 8.50. The number of amides is 1. The smallest absolute Gasteiger partial charge is 0.224 e. The van der Waals surface area contributed by atoms with E-state index in [1.807, 2.05) is 25.1 Å². The van der Waals surface area contributed by atoms with Crippen molar-refractivity contribution < 1.29 is 4.79 Å². The molecule has 0 spiro atoms.